The number of aromatic nitrogens is 4. The first-order chi connectivity index (χ1) is 12.5. The molecular formula is C19H21N5O2. The largest absolute Gasteiger partial charge is 0.337 e. The summed E-state index contributed by atoms with van der Waals surface area (Å²) >= 11 is 0. The van der Waals surface area contributed by atoms with Crippen LogP contribution in [0.2, 0.25) is 0 Å². The van der Waals surface area contributed by atoms with Gasteiger partial charge in [-0.1, -0.05) is 0 Å². The molecule has 1 saturated heterocycles. The maximum absolute atomic E-state index is 13.2. The first-order valence-electron chi connectivity index (χ1n) is 8.82. The van der Waals surface area contributed by atoms with E-state index in [0.29, 0.717) is 18.8 Å². The number of rotatable bonds is 2. The average Bonchev–Trinajstić information content (AvgIpc) is 2.96. The van der Waals surface area contributed by atoms with Gasteiger partial charge in [-0.25, -0.2) is 9.97 Å². The SMILES string of the molecule is Cc1ccn2c(C(=O)N3CCC[C@H](c4cc(=O)[nH]cn4)C3)c(C)nc2c1. The Kier molecular flexibility index (Phi) is 4.06. The zero-order valence-electron chi connectivity index (χ0n) is 14.9. The number of likely N-dealkylation sites (tertiary alicyclic amines) is 1. The van der Waals surface area contributed by atoms with Crippen molar-refractivity contribution in [1.29, 1.82) is 0 Å². The van der Waals surface area contributed by atoms with Crippen LogP contribution >= 0.6 is 0 Å². The number of amides is 1. The fourth-order valence-corrected chi connectivity index (χ4v) is 3.68. The van der Waals surface area contributed by atoms with Gasteiger partial charge >= 0.3 is 0 Å². The van der Waals surface area contributed by atoms with E-state index < -0.39 is 0 Å². The Morgan fingerprint density at radius 2 is 2.15 bits per heavy atom. The van der Waals surface area contributed by atoms with Crippen molar-refractivity contribution in [3.63, 3.8) is 0 Å². The zero-order chi connectivity index (χ0) is 18.3. The number of H-pyrrole nitrogens is 1. The van der Waals surface area contributed by atoms with E-state index in [9.17, 15) is 9.59 Å². The molecule has 1 aliphatic rings. The molecule has 7 nitrogen and oxygen atoms in total. The number of hydrogen-bond donors (Lipinski definition) is 1. The molecule has 134 valence electrons. The lowest BCUT2D eigenvalue weighted by Crippen LogP contribution is -2.40. The van der Waals surface area contributed by atoms with Gasteiger partial charge in [-0.2, -0.15) is 0 Å². The van der Waals surface area contributed by atoms with Crippen molar-refractivity contribution in [2.24, 2.45) is 0 Å². The van der Waals surface area contributed by atoms with Crippen LogP contribution in [-0.2, 0) is 0 Å². The van der Waals surface area contributed by atoms with Crippen LogP contribution in [0.15, 0.2) is 35.5 Å². The van der Waals surface area contributed by atoms with E-state index in [2.05, 4.69) is 15.0 Å². The van der Waals surface area contributed by atoms with E-state index in [0.717, 1.165) is 35.4 Å². The highest BCUT2D eigenvalue weighted by Gasteiger charge is 2.29. The fraction of sp³-hybridized carbons (Fsp3) is 0.368. The molecule has 7 heteroatoms. The minimum absolute atomic E-state index is 0.0200. The summed E-state index contributed by atoms with van der Waals surface area (Å²) in [5.41, 5.74) is 3.83. The highest BCUT2D eigenvalue weighted by Crippen LogP contribution is 2.26. The number of nitrogens with zero attached hydrogens (tertiary/aromatic N) is 4. The Balaban J connectivity index is 1.64. The van der Waals surface area contributed by atoms with Gasteiger partial charge in [-0.3, -0.25) is 14.0 Å². The molecule has 1 amide bonds. The molecule has 1 atom stereocenters. The number of aryl methyl sites for hydroxylation is 2. The molecule has 0 spiro atoms. The second kappa shape index (κ2) is 6.40. The Labute approximate surface area is 150 Å². The molecule has 0 unspecified atom stereocenters. The van der Waals surface area contributed by atoms with E-state index in [1.807, 2.05) is 41.5 Å². The summed E-state index contributed by atoms with van der Waals surface area (Å²) < 4.78 is 1.86. The molecular weight excluding hydrogens is 330 g/mol. The lowest BCUT2D eigenvalue weighted by atomic mass is 9.94. The van der Waals surface area contributed by atoms with Gasteiger partial charge in [0.15, 0.2) is 0 Å². The molecule has 26 heavy (non-hydrogen) atoms. The average molecular weight is 351 g/mol. The smallest absolute Gasteiger partial charge is 0.272 e. The number of nitrogens with one attached hydrogen (secondary N) is 1. The summed E-state index contributed by atoms with van der Waals surface area (Å²) in [6, 6.07) is 5.48. The van der Waals surface area contributed by atoms with Crippen molar-refractivity contribution >= 4 is 11.6 Å². The fourth-order valence-electron chi connectivity index (χ4n) is 3.68. The summed E-state index contributed by atoms with van der Waals surface area (Å²) in [7, 11) is 0. The number of carbonyl (C=O) groups excluding carboxylic acids is 1. The molecule has 0 saturated carbocycles. The van der Waals surface area contributed by atoms with Crippen molar-refractivity contribution in [3.8, 4) is 0 Å². The van der Waals surface area contributed by atoms with Crippen LogP contribution in [0.25, 0.3) is 5.65 Å². The summed E-state index contributed by atoms with van der Waals surface area (Å²) in [6.07, 6.45) is 5.14. The number of carbonyl (C=O) groups is 1. The number of imidazole rings is 1. The van der Waals surface area contributed by atoms with Crippen LogP contribution in [0.1, 0.15) is 46.2 Å². The third-order valence-electron chi connectivity index (χ3n) is 4.98. The highest BCUT2D eigenvalue weighted by molar-refractivity contribution is 5.94. The normalized spacial score (nSPS) is 17.6. The number of fused-ring (bicyclic) bond motifs is 1. The Bertz CT molecular complexity index is 1040. The first-order valence-corrected chi connectivity index (χ1v) is 8.82. The lowest BCUT2D eigenvalue weighted by Gasteiger charge is -2.32. The molecule has 0 bridgehead atoms. The third kappa shape index (κ3) is 2.89. The standard InChI is InChI=1S/C19H21N5O2/c1-12-5-7-24-16(8-12)22-13(2)18(24)19(26)23-6-3-4-14(10-23)15-9-17(25)21-11-20-15/h5,7-9,11,14H,3-4,6,10H2,1-2H3,(H,20,21,25)/t14-/m0/s1. The van der Waals surface area contributed by atoms with E-state index in [1.54, 1.807) is 0 Å². The first kappa shape index (κ1) is 16.5. The molecule has 4 heterocycles. The lowest BCUT2D eigenvalue weighted by molar-refractivity contribution is 0.0698. The van der Waals surface area contributed by atoms with Crippen molar-refractivity contribution < 1.29 is 4.79 Å². The Morgan fingerprint density at radius 3 is 2.96 bits per heavy atom. The van der Waals surface area contributed by atoms with Gasteiger partial charge in [0.1, 0.15) is 11.3 Å². The van der Waals surface area contributed by atoms with Crippen LogP contribution in [-0.4, -0.2) is 43.2 Å². The second-order valence-corrected chi connectivity index (χ2v) is 6.90. The number of hydrogen-bond acceptors (Lipinski definition) is 4. The number of aromatic amines is 1. The van der Waals surface area contributed by atoms with Crippen molar-refractivity contribution in [2.45, 2.75) is 32.6 Å². The molecule has 0 aliphatic carbocycles. The van der Waals surface area contributed by atoms with Crippen molar-refractivity contribution in [2.75, 3.05) is 13.1 Å². The molecule has 4 rings (SSSR count). The van der Waals surface area contributed by atoms with Crippen LogP contribution in [0.5, 0.6) is 0 Å². The molecule has 0 aromatic carbocycles. The summed E-state index contributed by atoms with van der Waals surface area (Å²) in [4.78, 5) is 38.0. The zero-order valence-corrected chi connectivity index (χ0v) is 14.9. The van der Waals surface area contributed by atoms with Crippen molar-refractivity contribution in [1.82, 2.24) is 24.3 Å². The van der Waals surface area contributed by atoms with Gasteiger partial charge < -0.3 is 9.88 Å². The van der Waals surface area contributed by atoms with Gasteiger partial charge in [0.05, 0.1) is 17.7 Å². The molecule has 0 radical (unpaired) electrons. The van der Waals surface area contributed by atoms with E-state index in [-0.39, 0.29) is 17.4 Å². The summed E-state index contributed by atoms with van der Waals surface area (Å²) in [5.74, 6) is 0.0603. The second-order valence-electron chi connectivity index (χ2n) is 6.90. The Hall–Kier alpha value is -2.96. The molecule has 1 N–H and O–H groups in total. The minimum atomic E-state index is -0.161. The minimum Gasteiger partial charge on any atom is -0.337 e. The quantitative estimate of drug-likeness (QED) is 0.766. The molecule has 1 aliphatic heterocycles. The summed E-state index contributed by atoms with van der Waals surface area (Å²) in [5, 5.41) is 0. The summed E-state index contributed by atoms with van der Waals surface area (Å²) in [6.45, 7) is 5.15. The van der Waals surface area contributed by atoms with Gasteiger partial charge in [-0.15, -0.1) is 0 Å². The van der Waals surface area contributed by atoms with Crippen LogP contribution in [0, 0.1) is 13.8 Å². The Morgan fingerprint density at radius 1 is 1.31 bits per heavy atom. The maximum Gasteiger partial charge on any atom is 0.272 e. The third-order valence-corrected chi connectivity index (χ3v) is 4.98. The molecule has 1 fully saturated rings. The predicted molar refractivity (Wildman–Crippen MR) is 97.4 cm³/mol. The van der Waals surface area contributed by atoms with E-state index >= 15 is 0 Å². The van der Waals surface area contributed by atoms with Crippen LogP contribution in [0.3, 0.4) is 0 Å². The monoisotopic (exact) mass is 351 g/mol. The highest BCUT2D eigenvalue weighted by atomic mass is 16.2. The topological polar surface area (TPSA) is 83.4 Å². The van der Waals surface area contributed by atoms with Gasteiger partial charge in [0, 0.05) is 31.3 Å². The van der Waals surface area contributed by atoms with E-state index in [4.69, 9.17) is 0 Å². The number of piperidine rings is 1. The maximum atomic E-state index is 13.2. The predicted octanol–water partition coefficient (Wildman–Crippen LogP) is 2.05. The van der Waals surface area contributed by atoms with Crippen molar-refractivity contribution in [3.05, 3.63) is 63.7 Å². The van der Waals surface area contributed by atoms with Crippen LogP contribution in [0.4, 0.5) is 0 Å². The van der Waals surface area contributed by atoms with Crippen LogP contribution < -0.4 is 5.56 Å². The molecule has 3 aromatic rings. The van der Waals surface area contributed by atoms with Gasteiger partial charge in [0.25, 0.3) is 11.5 Å². The van der Waals surface area contributed by atoms with Gasteiger partial charge in [0.2, 0.25) is 0 Å². The molecule has 3 aromatic heterocycles. The number of pyridine rings is 1. The van der Waals surface area contributed by atoms with E-state index in [1.165, 1.54) is 12.4 Å². The van der Waals surface area contributed by atoms with Gasteiger partial charge in [-0.05, 0) is 44.4 Å².